The van der Waals surface area contributed by atoms with Crippen molar-refractivity contribution in [2.75, 3.05) is 22.9 Å². The molecule has 0 unspecified atom stereocenters. The van der Waals surface area contributed by atoms with Crippen LogP contribution in [0.25, 0.3) is 0 Å². The summed E-state index contributed by atoms with van der Waals surface area (Å²) in [4.78, 5) is 16.9. The molecule has 0 heterocycles. The van der Waals surface area contributed by atoms with E-state index in [-0.39, 0.29) is 232 Å². The van der Waals surface area contributed by atoms with Crippen molar-refractivity contribution in [3.8, 4) is 11.5 Å². The maximum atomic E-state index is 12.3. The van der Waals surface area contributed by atoms with Crippen molar-refractivity contribution in [3.63, 3.8) is 0 Å². The molecule has 0 saturated heterocycles. The van der Waals surface area contributed by atoms with Gasteiger partial charge in [-0.15, -0.1) is 20.5 Å². The van der Waals surface area contributed by atoms with Crippen molar-refractivity contribution in [2.24, 2.45) is 40.9 Å². The van der Waals surface area contributed by atoms with E-state index in [9.17, 15) is 73.2 Å². The summed E-state index contributed by atoms with van der Waals surface area (Å²) in [6.07, 6.45) is 0. The average molecular weight is 1240 g/mol. The summed E-state index contributed by atoms with van der Waals surface area (Å²) in [5, 5.41) is 76.8. The minimum atomic E-state index is -5.09. The number of nitro groups is 2. The molecular weight excluding hydrogens is 1210 g/mol. The summed E-state index contributed by atoms with van der Waals surface area (Å²) in [5.74, 6) is -2.68. The molecule has 0 spiro atoms. The number of anilines is 4. The molecule has 0 fully saturated rings. The SMILES string of the molecule is Nc1cc(N)c(N=Nc2cc([N+](=O)[O-])cc(S(=O)(=O)O)c2[O-])cc1N=Nc1ccc(S(=O)(=O)O)cc1.Nc1cc(N)c(N=Nc2cc([N+](=O)[O-])cc(S(=O)(=O)O)c2[O-])cc1N=Nc1ccc(S(=O)(=O)O)cc1.[Cr].[Na+].[Na+].[Na+].[Na+].[Na+]. The summed E-state index contributed by atoms with van der Waals surface area (Å²) < 4.78 is 126. The van der Waals surface area contributed by atoms with E-state index < -0.39 is 94.4 Å². The smallest absolute Gasteiger partial charge is 0.870 e. The van der Waals surface area contributed by atoms with Crippen LogP contribution < -0.4 is 181 Å². The van der Waals surface area contributed by atoms with E-state index in [1.54, 1.807) is 0 Å². The number of nitro benzene ring substituents is 2. The van der Waals surface area contributed by atoms with Crippen molar-refractivity contribution >= 4 is 120 Å². The van der Waals surface area contributed by atoms with Gasteiger partial charge >= 0.3 is 148 Å². The third kappa shape index (κ3) is 21.1. The monoisotopic (exact) mass is 1240 g/mol. The number of hydrogen-bond donors (Lipinski definition) is 8. The molecule has 42 heteroatoms. The number of benzene rings is 6. The Morgan fingerprint density at radius 3 is 0.846 bits per heavy atom. The molecule has 32 nitrogen and oxygen atoms in total. The van der Waals surface area contributed by atoms with Gasteiger partial charge in [-0.1, -0.05) is 11.5 Å². The Morgan fingerprint density at radius 2 is 0.615 bits per heavy atom. The molecule has 0 aliphatic heterocycles. The van der Waals surface area contributed by atoms with Gasteiger partial charge in [-0.3, -0.25) is 38.4 Å². The Balaban J connectivity index is 0. The van der Waals surface area contributed by atoms with E-state index in [1.807, 2.05) is 0 Å². The second-order valence-corrected chi connectivity index (χ2v) is 19.3. The molecule has 0 bridgehead atoms. The fraction of sp³-hybridized carbons (Fsp3) is 0. The molecule has 6 aromatic rings. The van der Waals surface area contributed by atoms with E-state index in [0.29, 0.717) is 24.3 Å². The van der Waals surface area contributed by atoms with Crippen LogP contribution in [-0.2, 0) is 57.8 Å². The first-order chi connectivity index (χ1) is 33.3. The topological polar surface area (TPSA) is 553 Å². The number of nitrogens with two attached hydrogens (primary N) is 4. The number of non-ortho nitro benzene ring substituents is 2. The largest absolute Gasteiger partial charge is 1.00 e. The molecule has 0 aliphatic rings. The normalized spacial score (nSPS) is 11.4. The fourth-order valence-electron chi connectivity index (χ4n) is 5.27. The van der Waals surface area contributed by atoms with Gasteiger partial charge < -0.3 is 33.1 Å². The molecule has 78 heavy (non-hydrogen) atoms. The van der Waals surface area contributed by atoms with Gasteiger partial charge in [0.2, 0.25) is 0 Å². The van der Waals surface area contributed by atoms with E-state index in [4.69, 9.17) is 32.0 Å². The van der Waals surface area contributed by atoms with Gasteiger partial charge in [0.15, 0.2) is 0 Å². The number of hydrogen-bond acceptors (Lipinski definition) is 26. The summed E-state index contributed by atoms with van der Waals surface area (Å²) in [7, 11) is -19.0. The van der Waals surface area contributed by atoms with Gasteiger partial charge in [-0.25, -0.2) is 0 Å². The Labute approximate surface area is 561 Å². The molecule has 12 N–H and O–H groups in total. The van der Waals surface area contributed by atoms with Gasteiger partial charge in [0.05, 0.1) is 74.9 Å². The molecule has 6 rings (SSSR count). The third-order valence-electron chi connectivity index (χ3n) is 8.72. The number of nitrogens with zero attached hydrogens (tertiary/aromatic N) is 10. The zero-order valence-electron chi connectivity index (χ0n) is 40.6. The standard InChI is InChI=1S/2C18H15N7O9S2.Cr.5Na/c2*19-12-7-13(20)15(8-14(12)22-21-9-1-3-11(4-2-9)35(29,30)31)23-24-16-5-10(25(27)28)6-17(18(16)26)36(32,33)34;;;;;;/h2*1-8,26H,19-20H2,(H,29,30,31)(H,32,33,34);;;;;;/q;;;5*+1/p-2. The van der Waals surface area contributed by atoms with Crippen LogP contribution in [0.2, 0.25) is 0 Å². The van der Waals surface area contributed by atoms with E-state index in [0.717, 1.165) is 24.3 Å². The predicted octanol–water partition coefficient (Wildman–Crippen LogP) is -8.67. The number of rotatable bonds is 14. The Bertz CT molecular complexity index is 3550. The summed E-state index contributed by atoms with van der Waals surface area (Å²) >= 11 is 0. The van der Waals surface area contributed by atoms with Crippen LogP contribution >= 0.6 is 0 Å². The first-order valence-electron chi connectivity index (χ1n) is 18.5. The molecule has 0 aliphatic carbocycles. The molecule has 0 atom stereocenters. The van der Waals surface area contributed by atoms with E-state index in [1.165, 1.54) is 48.5 Å². The van der Waals surface area contributed by atoms with Crippen molar-refractivity contribution in [1.82, 2.24) is 0 Å². The third-order valence-corrected chi connectivity index (χ3v) is 12.2. The molecule has 0 radical (unpaired) electrons. The maximum Gasteiger partial charge on any atom is 1.00 e. The summed E-state index contributed by atoms with van der Waals surface area (Å²) in [6.45, 7) is 0. The number of azo groups is 4. The van der Waals surface area contributed by atoms with E-state index >= 15 is 0 Å². The van der Waals surface area contributed by atoms with Crippen LogP contribution in [0.4, 0.5) is 79.6 Å². The molecule has 6 aromatic carbocycles. The van der Waals surface area contributed by atoms with Crippen molar-refractivity contribution in [3.05, 3.63) is 117 Å². The number of nitrogen functional groups attached to an aromatic ring is 4. The second-order valence-electron chi connectivity index (χ2n) is 13.7. The predicted molar refractivity (Wildman–Crippen MR) is 244 cm³/mol. The Morgan fingerprint density at radius 1 is 0.372 bits per heavy atom. The van der Waals surface area contributed by atoms with Gasteiger partial charge in [0.25, 0.3) is 51.8 Å². The summed E-state index contributed by atoms with van der Waals surface area (Å²) in [6, 6.07) is 16.3. The first-order valence-corrected chi connectivity index (χ1v) is 24.2. The van der Waals surface area contributed by atoms with Gasteiger partial charge in [-0.05, 0) is 72.8 Å². The van der Waals surface area contributed by atoms with Crippen molar-refractivity contribution in [1.29, 1.82) is 0 Å². The van der Waals surface area contributed by atoms with Gasteiger partial charge in [-0.2, -0.15) is 54.1 Å². The van der Waals surface area contributed by atoms with Crippen LogP contribution in [0, 0.1) is 20.2 Å². The molecule has 382 valence electrons. The second kappa shape index (κ2) is 31.6. The average Bonchev–Trinajstić information content (AvgIpc) is 3.27. The van der Waals surface area contributed by atoms with Crippen molar-refractivity contribution in [2.45, 2.75) is 19.6 Å². The Hall–Kier alpha value is -3.51. The molecule has 0 amide bonds. The fourth-order valence-corrected chi connectivity index (χ4v) is 7.44. The van der Waals surface area contributed by atoms with Gasteiger partial charge in [0, 0.05) is 41.6 Å². The van der Waals surface area contributed by atoms with Crippen LogP contribution in [0.15, 0.2) is 158 Å². The summed E-state index contributed by atoms with van der Waals surface area (Å²) in [5.41, 5.74) is 20.3. The van der Waals surface area contributed by atoms with Crippen LogP contribution in [0.1, 0.15) is 0 Å². The van der Waals surface area contributed by atoms with Crippen LogP contribution in [0.3, 0.4) is 0 Å². The zero-order chi connectivity index (χ0) is 53.7. The van der Waals surface area contributed by atoms with Crippen molar-refractivity contribution < 1.29 is 237 Å². The zero-order valence-corrected chi connectivity index (χ0v) is 55.1. The minimum Gasteiger partial charge on any atom is -0.870 e. The van der Waals surface area contributed by atoms with Crippen LogP contribution in [0.5, 0.6) is 11.5 Å². The molecular formula is C36H28CrN14Na5O18S4+3. The van der Waals surface area contributed by atoms with Crippen LogP contribution in [-0.4, -0.2) is 61.7 Å². The van der Waals surface area contributed by atoms with Gasteiger partial charge in [0.1, 0.15) is 22.7 Å². The molecule has 0 aromatic heterocycles. The first kappa shape index (κ1) is 76.6. The molecule has 0 saturated carbocycles. The Kier molecular flexibility index (Phi) is 31.1. The van der Waals surface area contributed by atoms with E-state index in [2.05, 4.69) is 40.9 Å². The quantitative estimate of drug-likeness (QED) is 0.0125. The minimum absolute atomic E-state index is 0. The maximum absolute atomic E-state index is 12.3.